The Hall–Kier alpha value is -3.35. The molecule has 2 aromatic carbocycles. The second kappa shape index (κ2) is 7.16. The van der Waals surface area contributed by atoms with E-state index >= 15 is 0 Å². The van der Waals surface area contributed by atoms with Crippen molar-refractivity contribution in [3.05, 3.63) is 59.7 Å². The van der Waals surface area contributed by atoms with Gasteiger partial charge in [0.15, 0.2) is 0 Å². The van der Waals surface area contributed by atoms with Gasteiger partial charge < -0.3 is 20.1 Å². The van der Waals surface area contributed by atoms with Gasteiger partial charge in [-0.05, 0) is 34.6 Å². The van der Waals surface area contributed by atoms with Gasteiger partial charge >= 0.3 is 12.1 Å². The highest BCUT2D eigenvalue weighted by Crippen LogP contribution is 2.46. The Labute approximate surface area is 173 Å². The monoisotopic (exact) mass is 406 g/mol. The summed E-state index contributed by atoms with van der Waals surface area (Å²) in [6.45, 7) is 0.447. The molecule has 2 amide bonds. The molecule has 2 N–H and O–H groups in total. The van der Waals surface area contributed by atoms with E-state index in [1.807, 2.05) is 36.4 Å². The molecule has 2 heterocycles. The molecule has 2 aliphatic carbocycles. The standard InChI is InChI=1S/C23H22N2O5/c26-20(25-11-13-9-19(25)21(13)22(27)28)10-24-23(29)30-12-18-16-7-3-1-5-14(16)15-6-2-4-8-17(15)18/h1-8,13,18-19,21H,9-12H2,(H,24,29)(H,27,28). The fourth-order valence-electron chi connectivity index (χ4n) is 5.17. The number of nitrogens with zero attached hydrogens (tertiary/aromatic N) is 1. The Kier molecular flexibility index (Phi) is 4.46. The van der Waals surface area contributed by atoms with E-state index < -0.39 is 18.0 Å². The minimum absolute atomic E-state index is 0.0332. The predicted molar refractivity (Wildman–Crippen MR) is 108 cm³/mol. The van der Waals surface area contributed by atoms with Crippen molar-refractivity contribution in [3.8, 4) is 11.1 Å². The Morgan fingerprint density at radius 1 is 1.03 bits per heavy atom. The molecule has 0 radical (unpaired) electrons. The van der Waals surface area contributed by atoms with Gasteiger partial charge in [-0.1, -0.05) is 48.5 Å². The molecule has 2 aliphatic heterocycles. The summed E-state index contributed by atoms with van der Waals surface area (Å²) in [5.74, 6) is -1.59. The van der Waals surface area contributed by atoms with E-state index in [0.717, 1.165) is 28.7 Å². The predicted octanol–water partition coefficient (Wildman–Crippen LogP) is 2.46. The fraction of sp³-hybridized carbons (Fsp3) is 0.348. The molecular formula is C23H22N2O5. The number of carbonyl (C=O) groups excluding carboxylic acids is 2. The van der Waals surface area contributed by atoms with Crippen LogP contribution in [0.1, 0.15) is 23.5 Å². The second-order valence-electron chi connectivity index (χ2n) is 8.15. The number of carboxylic acids is 1. The normalized spacial score (nSPS) is 23.3. The third kappa shape index (κ3) is 2.93. The minimum atomic E-state index is -0.851. The summed E-state index contributed by atoms with van der Waals surface area (Å²) in [5, 5.41) is 11.7. The van der Waals surface area contributed by atoms with Gasteiger partial charge in [0.2, 0.25) is 5.91 Å². The summed E-state index contributed by atoms with van der Waals surface area (Å²) < 4.78 is 5.43. The number of nitrogens with one attached hydrogen (secondary N) is 1. The van der Waals surface area contributed by atoms with Gasteiger partial charge in [-0.25, -0.2) is 4.79 Å². The Bertz CT molecular complexity index is 990. The molecule has 3 fully saturated rings. The number of carboxylic acid groups (broad SMARTS) is 1. The molecule has 154 valence electrons. The smallest absolute Gasteiger partial charge is 0.407 e. The van der Waals surface area contributed by atoms with Crippen molar-refractivity contribution in [3.63, 3.8) is 0 Å². The van der Waals surface area contributed by atoms with Crippen LogP contribution < -0.4 is 5.32 Å². The quantitative estimate of drug-likeness (QED) is 0.795. The van der Waals surface area contributed by atoms with Crippen molar-refractivity contribution >= 4 is 18.0 Å². The number of rotatable bonds is 5. The molecule has 3 unspecified atom stereocenters. The van der Waals surface area contributed by atoms with Crippen LogP contribution in [0.15, 0.2) is 48.5 Å². The molecule has 1 saturated carbocycles. The molecule has 2 bridgehead atoms. The molecule has 7 heteroatoms. The maximum atomic E-state index is 12.4. The molecule has 0 spiro atoms. The number of amides is 2. The minimum Gasteiger partial charge on any atom is -0.481 e. The molecular weight excluding hydrogens is 384 g/mol. The highest BCUT2D eigenvalue weighted by atomic mass is 16.5. The van der Waals surface area contributed by atoms with Crippen molar-refractivity contribution in [1.82, 2.24) is 10.2 Å². The number of aliphatic carboxylic acids is 1. The average Bonchev–Trinajstić information content (AvgIpc) is 3.41. The van der Waals surface area contributed by atoms with Crippen LogP contribution in [0.5, 0.6) is 0 Å². The van der Waals surface area contributed by atoms with E-state index in [1.54, 1.807) is 4.90 Å². The number of ether oxygens (including phenoxy) is 1. The number of fused-ring (bicyclic) bond motifs is 4. The average molecular weight is 406 g/mol. The van der Waals surface area contributed by atoms with E-state index in [1.165, 1.54) is 0 Å². The number of hydrogen-bond acceptors (Lipinski definition) is 4. The maximum absolute atomic E-state index is 12.4. The summed E-state index contributed by atoms with van der Waals surface area (Å²) in [4.78, 5) is 37.4. The largest absolute Gasteiger partial charge is 0.481 e. The van der Waals surface area contributed by atoms with Crippen LogP contribution in [-0.4, -0.2) is 53.7 Å². The van der Waals surface area contributed by atoms with Crippen LogP contribution >= 0.6 is 0 Å². The van der Waals surface area contributed by atoms with Gasteiger partial charge in [-0.3, -0.25) is 9.59 Å². The first-order valence-corrected chi connectivity index (χ1v) is 10.2. The van der Waals surface area contributed by atoms with E-state index in [-0.39, 0.29) is 36.9 Å². The van der Waals surface area contributed by atoms with Crippen LogP contribution in [0.3, 0.4) is 0 Å². The van der Waals surface area contributed by atoms with E-state index in [9.17, 15) is 19.5 Å². The van der Waals surface area contributed by atoms with E-state index in [2.05, 4.69) is 17.4 Å². The summed E-state index contributed by atoms with van der Waals surface area (Å²) >= 11 is 0. The van der Waals surface area contributed by atoms with Crippen LogP contribution in [0, 0.1) is 11.8 Å². The van der Waals surface area contributed by atoms with Crippen LogP contribution in [0.2, 0.25) is 0 Å². The maximum Gasteiger partial charge on any atom is 0.407 e. The Balaban J connectivity index is 1.17. The zero-order valence-electron chi connectivity index (χ0n) is 16.3. The van der Waals surface area contributed by atoms with E-state index in [0.29, 0.717) is 6.54 Å². The van der Waals surface area contributed by atoms with Gasteiger partial charge in [0.25, 0.3) is 0 Å². The Morgan fingerprint density at radius 3 is 2.27 bits per heavy atom. The van der Waals surface area contributed by atoms with Gasteiger partial charge in [-0.15, -0.1) is 0 Å². The van der Waals surface area contributed by atoms with Crippen molar-refractivity contribution in [2.24, 2.45) is 11.8 Å². The number of carbonyl (C=O) groups is 3. The first-order valence-electron chi connectivity index (χ1n) is 10.2. The first-order chi connectivity index (χ1) is 14.5. The van der Waals surface area contributed by atoms with Crippen molar-refractivity contribution in [2.45, 2.75) is 18.4 Å². The molecule has 6 rings (SSSR count). The molecule has 30 heavy (non-hydrogen) atoms. The van der Waals surface area contributed by atoms with Gasteiger partial charge in [-0.2, -0.15) is 0 Å². The van der Waals surface area contributed by atoms with Gasteiger partial charge in [0, 0.05) is 18.5 Å². The molecule has 7 nitrogen and oxygen atoms in total. The van der Waals surface area contributed by atoms with Crippen molar-refractivity contribution in [1.29, 1.82) is 0 Å². The van der Waals surface area contributed by atoms with Crippen molar-refractivity contribution < 1.29 is 24.2 Å². The third-order valence-electron chi connectivity index (χ3n) is 6.63. The zero-order chi connectivity index (χ0) is 20.8. The second-order valence-corrected chi connectivity index (χ2v) is 8.15. The summed E-state index contributed by atoms with van der Waals surface area (Å²) in [7, 11) is 0. The molecule has 2 saturated heterocycles. The van der Waals surface area contributed by atoms with Gasteiger partial charge in [0.1, 0.15) is 13.2 Å². The summed E-state index contributed by atoms with van der Waals surface area (Å²) in [6.07, 6.45) is 0.0831. The van der Waals surface area contributed by atoms with Crippen LogP contribution in [-0.2, 0) is 14.3 Å². The topological polar surface area (TPSA) is 95.9 Å². The number of hydrogen-bond donors (Lipinski definition) is 2. The Morgan fingerprint density at radius 2 is 1.67 bits per heavy atom. The summed E-state index contributed by atoms with van der Waals surface area (Å²) in [6, 6.07) is 15.9. The zero-order valence-corrected chi connectivity index (χ0v) is 16.3. The van der Waals surface area contributed by atoms with Gasteiger partial charge in [0.05, 0.1) is 5.92 Å². The number of alkyl carbamates (subject to hydrolysis) is 1. The lowest BCUT2D eigenvalue weighted by molar-refractivity contribution is -0.148. The molecule has 2 aromatic rings. The highest BCUT2D eigenvalue weighted by Gasteiger charge is 2.56. The lowest BCUT2D eigenvalue weighted by Gasteiger charge is -2.33. The first kappa shape index (κ1) is 18.7. The van der Waals surface area contributed by atoms with Crippen molar-refractivity contribution in [2.75, 3.05) is 19.7 Å². The SMILES string of the molecule is O=C(NCC(=O)N1CC2CC1C2C(=O)O)OCC1c2ccccc2-c2ccccc21. The van der Waals surface area contributed by atoms with Crippen LogP contribution in [0.4, 0.5) is 4.79 Å². The molecule has 4 aliphatic rings. The summed E-state index contributed by atoms with van der Waals surface area (Å²) in [5.41, 5.74) is 4.55. The third-order valence-corrected chi connectivity index (χ3v) is 6.63. The number of benzene rings is 2. The van der Waals surface area contributed by atoms with Crippen LogP contribution in [0.25, 0.3) is 11.1 Å². The lowest BCUT2D eigenvalue weighted by atomic mass is 9.74. The molecule has 0 aromatic heterocycles. The van der Waals surface area contributed by atoms with E-state index in [4.69, 9.17) is 4.74 Å². The molecule has 3 atom stereocenters. The fourth-order valence-corrected chi connectivity index (χ4v) is 5.17. The lowest BCUT2D eigenvalue weighted by Crippen LogP contribution is -2.47. The highest BCUT2D eigenvalue weighted by molar-refractivity contribution is 5.85.